The Morgan fingerprint density at radius 2 is 1.88 bits per heavy atom. The third-order valence-corrected chi connectivity index (χ3v) is 6.28. The molecule has 1 heterocycles. The lowest BCUT2D eigenvalue weighted by molar-refractivity contribution is 0.0165. The number of alkyl halides is 2. The number of imidazole rings is 1. The SMILES string of the molecule is C=S(N)(=O)c1ccc(Nc2nc3cc(C#N)ccc3n2Cc2ccccc2C(C)(F)F)cc1. The summed E-state index contributed by atoms with van der Waals surface area (Å²) in [5.74, 6) is 0.871. The Hall–Kier alpha value is -3.74. The number of aromatic nitrogens is 2. The molecule has 1 aromatic heterocycles. The molecule has 0 bridgehead atoms. The van der Waals surface area contributed by atoms with Gasteiger partial charge in [-0.1, -0.05) is 24.3 Å². The van der Waals surface area contributed by atoms with Crippen LogP contribution >= 0.6 is 0 Å². The quantitative estimate of drug-likeness (QED) is 0.401. The largest absolute Gasteiger partial charge is 0.326 e. The zero-order chi connectivity index (χ0) is 23.8. The molecular weight excluding hydrogens is 444 g/mol. The van der Waals surface area contributed by atoms with E-state index < -0.39 is 15.6 Å². The van der Waals surface area contributed by atoms with Gasteiger partial charge in [-0.25, -0.2) is 18.0 Å². The summed E-state index contributed by atoms with van der Waals surface area (Å²) in [7, 11) is -2.84. The minimum Gasteiger partial charge on any atom is -0.326 e. The van der Waals surface area contributed by atoms with Crippen molar-refractivity contribution >= 4 is 38.2 Å². The monoisotopic (exact) mass is 465 g/mol. The summed E-state index contributed by atoms with van der Waals surface area (Å²) in [5, 5.41) is 18.0. The number of rotatable bonds is 6. The highest BCUT2D eigenvalue weighted by molar-refractivity contribution is 7.98. The van der Waals surface area contributed by atoms with Crippen LogP contribution in [0.15, 0.2) is 71.6 Å². The van der Waals surface area contributed by atoms with E-state index in [-0.39, 0.29) is 12.1 Å². The second kappa shape index (κ2) is 8.31. The van der Waals surface area contributed by atoms with Crippen LogP contribution in [0.5, 0.6) is 0 Å². The first kappa shape index (κ1) is 22.5. The van der Waals surface area contributed by atoms with Gasteiger partial charge in [0.1, 0.15) is 0 Å². The van der Waals surface area contributed by atoms with Crippen LogP contribution in [-0.4, -0.2) is 19.6 Å². The smallest absolute Gasteiger partial charge is 0.270 e. The number of benzene rings is 3. The molecule has 0 saturated carbocycles. The van der Waals surface area contributed by atoms with Crippen molar-refractivity contribution in [3.05, 3.63) is 83.4 Å². The maximum atomic E-state index is 14.2. The molecule has 0 spiro atoms. The first-order valence-electron chi connectivity index (χ1n) is 9.95. The summed E-state index contributed by atoms with van der Waals surface area (Å²) in [6.07, 6.45) is 0. The van der Waals surface area contributed by atoms with Gasteiger partial charge in [-0.2, -0.15) is 5.26 Å². The molecule has 0 amide bonds. The van der Waals surface area contributed by atoms with Crippen molar-refractivity contribution in [2.75, 3.05) is 5.32 Å². The fraction of sp³-hybridized carbons (Fsp3) is 0.125. The van der Waals surface area contributed by atoms with Gasteiger partial charge in [0.25, 0.3) is 5.92 Å². The Kier molecular flexibility index (Phi) is 5.66. The molecule has 0 radical (unpaired) electrons. The predicted octanol–water partition coefficient (Wildman–Crippen LogP) is 4.76. The highest BCUT2D eigenvalue weighted by atomic mass is 32.2. The molecule has 3 aromatic carbocycles. The highest BCUT2D eigenvalue weighted by Crippen LogP contribution is 2.32. The van der Waals surface area contributed by atoms with Crippen LogP contribution in [0.4, 0.5) is 20.4 Å². The third kappa shape index (κ3) is 4.72. The first-order chi connectivity index (χ1) is 15.6. The molecule has 3 N–H and O–H groups in total. The van der Waals surface area contributed by atoms with Crippen LogP contribution in [0.25, 0.3) is 11.0 Å². The molecule has 0 saturated heterocycles. The van der Waals surface area contributed by atoms with Crippen LogP contribution in [0.2, 0.25) is 0 Å². The Labute approximate surface area is 190 Å². The Bertz CT molecular complexity index is 1480. The van der Waals surface area contributed by atoms with Crippen LogP contribution < -0.4 is 10.5 Å². The molecule has 1 unspecified atom stereocenters. The van der Waals surface area contributed by atoms with Gasteiger partial charge in [-0.3, -0.25) is 5.14 Å². The van der Waals surface area contributed by atoms with E-state index in [2.05, 4.69) is 22.2 Å². The summed E-state index contributed by atoms with van der Waals surface area (Å²) in [4.78, 5) is 5.00. The number of anilines is 2. The fourth-order valence-corrected chi connectivity index (χ4v) is 4.21. The molecular formula is C24H21F2N5OS. The third-order valence-electron chi connectivity index (χ3n) is 5.21. The average Bonchev–Trinajstić information content (AvgIpc) is 3.09. The molecule has 0 aliphatic carbocycles. The highest BCUT2D eigenvalue weighted by Gasteiger charge is 2.27. The van der Waals surface area contributed by atoms with Crippen molar-refractivity contribution in [2.45, 2.75) is 24.3 Å². The molecule has 168 valence electrons. The van der Waals surface area contributed by atoms with E-state index in [1.807, 2.05) is 0 Å². The van der Waals surface area contributed by atoms with E-state index in [1.54, 1.807) is 65.2 Å². The van der Waals surface area contributed by atoms with Crippen LogP contribution in [0, 0.1) is 11.3 Å². The van der Waals surface area contributed by atoms with E-state index in [1.165, 1.54) is 6.07 Å². The van der Waals surface area contributed by atoms with Crippen LogP contribution in [0.3, 0.4) is 0 Å². The molecule has 1 atom stereocenters. The topological polar surface area (TPSA) is 96.7 Å². The van der Waals surface area contributed by atoms with Crippen LogP contribution in [-0.2, 0) is 22.2 Å². The van der Waals surface area contributed by atoms with E-state index in [9.17, 15) is 18.3 Å². The Morgan fingerprint density at radius 3 is 2.52 bits per heavy atom. The average molecular weight is 466 g/mol. The van der Waals surface area contributed by atoms with Gasteiger partial charge >= 0.3 is 0 Å². The maximum absolute atomic E-state index is 14.2. The fourth-order valence-electron chi connectivity index (χ4n) is 3.61. The number of nitrogens with two attached hydrogens (primary N) is 1. The van der Waals surface area contributed by atoms with Gasteiger partial charge in [-0.05, 0) is 53.9 Å². The number of hydrogen-bond acceptors (Lipinski definition) is 4. The van der Waals surface area contributed by atoms with E-state index in [0.717, 1.165) is 6.92 Å². The molecule has 33 heavy (non-hydrogen) atoms. The molecule has 4 rings (SSSR count). The minimum absolute atomic E-state index is 0.0658. The van der Waals surface area contributed by atoms with Crippen molar-refractivity contribution in [1.82, 2.24) is 9.55 Å². The van der Waals surface area contributed by atoms with Crippen molar-refractivity contribution in [2.24, 2.45) is 5.14 Å². The normalized spacial score (nSPS) is 13.4. The van der Waals surface area contributed by atoms with Crippen molar-refractivity contribution in [3.63, 3.8) is 0 Å². The van der Waals surface area contributed by atoms with Crippen molar-refractivity contribution < 1.29 is 13.0 Å². The van der Waals surface area contributed by atoms with Gasteiger partial charge in [0, 0.05) is 23.1 Å². The summed E-state index contributed by atoms with van der Waals surface area (Å²) in [5.41, 5.74) is 2.70. The lowest BCUT2D eigenvalue weighted by Gasteiger charge is -2.18. The second-order valence-corrected chi connectivity index (χ2v) is 9.68. The van der Waals surface area contributed by atoms with Gasteiger partial charge in [-0.15, -0.1) is 0 Å². The van der Waals surface area contributed by atoms with Crippen molar-refractivity contribution in [3.8, 4) is 6.07 Å². The lowest BCUT2D eigenvalue weighted by Crippen LogP contribution is -2.14. The number of fused-ring (bicyclic) bond motifs is 1. The summed E-state index contributed by atoms with van der Waals surface area (Å²) >= 11 is 0. The Balaban J connectivity index is 1.80. The molecule has 4 aromatic rings. The minimum atomic E-state index is -3.01. The maximum Gasteiger partial charge on any atom is 0.270 e. The number of nitrogens with one attached hydrogen (secondary N) is 1. The standard InChI is InChI=1S/C24H21F2N5OS/c1-24(25,26)20-6-4-3-5-17(20)15-31-22-12-7-16(14-27)13-21(22)30-23(31)29-18-8-10-19(11-9-18)33(2,28)32/h3-13H,2,15H2,1H3,(H2,28,32)(H,29,30). The van der Waals surface area contributed by atoms with Gasteiger partial charge < -0.3 is 9.88 Å². The molecule has 0 aliphatic rings. The number of hydrogen-bond donors (Lipinski definition) is 2. The summed E-state index contributed by atoms with van der Waals surface area (Å²) in [6, 6.07) is 20.1. The summed E-state index contributed by atoms with van der Waals surface area (Å²) < 4.78 is 42.2. The van der Waals surface area contributed by atoms with E-state index >= 15 is 0 Å². The van der Waals surface area contributed by atoms with Gasteiger partial charge in [0.05, 0.1) is 38.9 Å². The zero-order valence-corrected chi connectivity index (χ0v) is 18.6. The molecule has 0 fully saturated rings. The van der Waals surface area contributed by atoms with Gasteiger partial charge in [0.2, 0.25) is 5.95 Å². The van der Waals surface area contributed by atoms with E-state index in [4.69, 9.17) is 5.14 Å². The van der Waals surface area contributed by atoms with Crippen molar-refractivity contribution in [1.29, 1.82) is 5.26 Å². The zero-order valence-electron chi connectivity index (χ0n) is 17.8. The Morgan fingerprint density at radius 1 is 1.18 bits per heavy atom. The molecule has 0 aliphatic heterocycles. The number of nitriles is 1. The van der Waals surface area contributed by atoms with Crippen LogP contribution in [0.1, 0.15) is 23.6 Å². The lowest BCUT2D eigenvalue weighted by atomic mass is 10.0. The predicted molar refractivity (Wildman–Crippen MR) is 127 cm³/mol. The first-order valence-corrected chi connectivity index (χ1v) is 11.7. The number of halogens is 2. The molecule has 6 nitrogen and oxygen atoms in total. The van der Waals surface area contributed by atoms with Gasteiger partial charge in [0.15, 0.2) is 0 Å². The molecule has 9 heteroatoms. The second-order valence-electron chi connectivity index (χ2n) is 7.76. The summed E-state index contributed by atoms with van der Waals surface area (Å²) in [6.45, 7) is 1.01. The van der Waals surface area contributed by atoms with E-state index in [0.29, 0.717) is 38.7 Å². The number of nitrogens with zero attached hydrogens (tertiary/aromatic N) is 3.